The molecule has 1 rings (SSSR count). The van der Waals surface area contributed by atoms with Crippen molar-refractivity contribution in [2.45, 2.75) is 33.2 Å². The third-order valence-electron chi connectivity index (χ3n) is 2.57. The van der Waals surface area contributed by atoms with Crippen LogP contribution in [0.15, 0.2) is 0 Å². The predicted molar refractivity (Wildman–Crippen MR) is 48.4 cm³/mol. The summed E-state index contributed by atoms with van der Waals surface area (Å²) in [6, 6.07) is 0.289. The molecule has 11 heavy (non-hydrogen) atoms. The highest BCUT2D eigenvalue weighted by molar-refractivity contribution is 4.96. The van der Waals surface area contributed by atoms with Crippen molar-refractivity contribution in [2.75, 3.05) is 13.1 Å². The van der Waals surface area contributed by atoms with Gasteiger partial charge in [-0.05, 0) is 31.2 Å². The van der Waals surface area contributed by atoms with E-state index >= 15 is 0 Å². The third-order valence-corrected chi connectivity index (χ3v) is 2.57. The average molecular weight is 156 g/mol. The first-order chi connectivity index (χ1) is 5.02. The van der Waals surface area contributed by atoms with Crippen LogP contribution >= 0.6 is 0 Å². The van der Waals surface area contributed by atoms with Gasteiger partial charge in [-0.2, -0.15) is 0 Å². The van der Waals surface area contributed by atoms with Crippen molar-refractivity contribution in [3.05, 3.63) is 0 Å². The first-order valence-electron chi connectivity index (χ1n) is 4.48. The second kappa shape index (κ2) is 3.11. The van der Waals surface area contributed by atoms with Crippen molar-refractivity contribution >= 4 is 0 Å². The molecule has 0 saturated heterocycles. The highest BCUT2D eigenvalue weighted by Crippen LogP contribution is 2.50. The molecule has 0 aromatic carbocycles. The average Bonchev–Trinajstić information content (AvgIpc) is 2.39. The lowest BCUT2D eigenvalue weighted by Crippen LogP contribution is -2.32. The Morgan fingerprint density at radius 3 is 2.55 bits per heavy atom. The normalized spacial score (nSPS) is 30.0. The molecule has 0 aromatic heterocycles. The zero-order chi connectivity index (χ0) is 8.48. The van der Waals surface area contributed by atoms with Crippen LogP contribution in [0.1, 0.15) is 27.2 Å². The molecule has 2 atom stereocenters. The molecule has 1 aliphatic carbocycles. The van der Waals surface area contributed by atoms with Crippen molar-refractivity contribution < 1.29 is 0 Å². The van der Waals surface area contributed by atoms with Gasteiger partial charge in [0, 0.05) is 12.6 Å². The van der Waals surface area contributed by atoms with Gasteiger partial charge in [0.15, 0.2) is 0 Å². The molecule has 66 valence electrons. The van der Waals surface area contributed by atoms with Crippen LogP contribution in [-0.4, -0.2) is 19.1 Å². The first kappa shape index (κ1) is 9.01. The fourth-order valence-corrected chi connectivity index (χ4v) is 1.41. The molecule has 2 unspecified atom stereocenters. The van der Waals surface area contributed by atoms with E-state index in [2.05, 4.69) is 19.2 Å². The molecule has 0 amide bonds. The van der Waals surface area contributed by atoms with Crippen LogP contribution in [0.4, 0.5) is 0 Å². The molecule has 0 heterocycles. The zero-order valence-corrected chi connectivity index (χ0v) is 7.85. The van der Waals surface area contributed by atoms with Gasteiger partial charge in [-0.1, -0.05) is 13.8 Å². The van der Waals surface area contributed by atoms with Crippen LogP contribution in [0.25, 0.3) is 0 Å². The number of nitrogens with one attached hydrogen (secondary N) is 1. The topological polar surface area (TPSA) is 38.0 Å². The number of nitrogens with two attached hydrogens (primary N) is 1. The molecule has 0 radical (unpaired) electrons. The molecule has 0 bridgehead atoms. The summed E-state index contributed by atoms with van der Waals surface area (Å²) < 4.78 is 0. The summed E-state index contributed by atoms with van der Waals surface area (Å²) in [4.78, 5) is 0. The minimum Gasteiger partial charge on any atom is -0.327 e. The zero-order valence-electron chi connectivity index (χ0n) is 7.85. The summed E-state index contributed by atoms with van der Waals surface area (Å²) in [5.41, 5.74) is 6.21. The second-order valence-electron chi connectivity index (χ2n) is 4.53. The van der Waals surface area contributed by atoms with Gasteiger partial charge in [-0.25, -0.2) is 0 Å². The quantitative estimate of drug-likeness (QED) is 0.636. The van der Waals surface area contributed by atoms with Crippen LogP contribution in [0, 0.1) is 11.3 Å². The van der Waals surface area contributed by atoms with Gasteiger partial charge in [0.25, 0.3) is 0 Å². The van der Waals surface area contributed by atoms with Crippen molar-refractivity contribution in [1.82, 2.24) is 5.32 Å². The fourth-order valence-electron chi connectivity index (χ4n) is 1.41. The molecule has 3 N–H and O–H groups in total. The van der Waals surface area contributed by atoms with E-state index < -0.39 is 0 Å². The molecular formula is C9H20N2. The largest absolute Gasteiger partial charge is 0.327 e. The van der Waals surface area contributed by atoms with Crippen LogP contribution in [-0.2, 0) is 0 Å². The fraction of sp³-hybridized carbons (Fsp3) is 1.00. The van der Waals surface area contributed by atoms with E-state index in [9.17, 15) is 0 Å². The Morgan fingerprint density at radius 2 is 2.18 bits per heavy atom. The van der Waals surface area contributed by atoms with E-state index in [1.54, 1.807) is 0 Å². The van der Waals surface area contributed by atoms with Crippen molar-refractivity contribution in [2.24, 2.45) is 17.1 Å². The Balaban J connectivity index is 1.98. The van der Waals surface area contributed by atoms with Crippen molar-refractivity contribution in [1.29, 1.82) is 0 Å². The van der Waals surface area contributed by atoms with Crippen molar-refractivity contribution in [3.63, 3.8) is 0 Å². The Bertz CT molecular complexity index is 130. The van der Waals surface area contributed by atoms with Crippen molar-refractivity contribution in [3.8, 4) is 0 Å². The number of hydrogen-bond donors (Lipinski definition) is 2. The molecule has 0 aliphatic heterocycles. The maximum Gasteiger partial charge on any atom is 0.0136 e. The number of hydrogen-bond acceptors (Lipinski definition) is 2. The van der Waals surface area contributed by atoms with Crippen LogP contribution in [0.2, 0.25) is 0 Å². The monoisotopic (exact) mass is 156 g/mol. The van der Waals surface area contributed by atoms with E-state index in [0.717, 1.165) is 19.0 Å². The maximum absolute atomic E-state index is 5.60. The molecule has 2 nitrogen and oxygen atoms in total. The molecular weight excluding hydrogens is 136 g/mol. The van der Waals surface area contributed by atoms with Crippen LogP contribution < -0.4 is 11.1 Å². The minimum atomic E-state index is 0.289. The third kappa shape index (κ3) is 2.80. The van der Waals surface area contributed by atoms with E-state index in [1.807, 2.05) is 6.92 Å². The summed E-state index contributed by atoms with van der Waals surface area (Å²) in [5.74, 6) is 0.890. The van der Waals surface area contributed by atoms with Gasteiger partial charge in [0.1, 0.15) is 0 Å². The smallest absolute Gasteiger partial charge is 0.0136 e. The first-order valence-corrected chi connectivity index (χ1v) is 4.48. The lowest BCUT2D eigenvalue weighted by molar-refractivity contribution is 0.506. The molecule has 1 saturated carbocycles. The second-order valence-corrected chi connectivity index (χ2v) is 4.53. The maximum atomic E-state index is 5.60. The Labute approximate surface area is 69.5 Å². The molecule has 1 fully saturated rings. The van der Waals surface area contributed by atoms with Crippen LogP contribution in [0.5, 0.6) is 0 Å². The van der Waals surface area contributed by atoms with Gasteiger partial charge in [-0.15, -0.1) is 0 Å². The summed E-state index contributed by atoms with van der Waals surface area (Å²) >= 11 is 0. The van der Waals surface area contributed by atoms with Crippen LogP contribution in [0.3, 0.4) is 0 Å². The lowest BCUT2D eigenvalue weighted by Gasteiger charge is -2.07. The molecule has 1 aliphatic rings. The highest BCUT2D eigenvalue weighted by atomic mass is 14.9. The van der Waals surface area contributed by atoms with E-state index in [1.165, 1.54) is 6.42 Å². The Morgan fingerprint density at radius 1 is 1.64 bits per heavy atom. The van der Waals surface area contributed by atoms with Gasteiger partial charge in [0.05, 0.1) is 0 Å². The van der Waals surface area contributed by atoms with E-state index in [4.69, 9.17) is 5.73 Å². The SMILES string of the molecule is CC(N)CNCC1CC1(C)C. The highest BCUT2D eigenvalue weighted by Gasteiger charge is 2.44. The predicted octanol–water partition coefficient (Wildman–Crippen LogP) is 0.969. The van der Waals surface area contributed by atoms with Gasteiger partial charge in [-0.3, -0.25) is 0 Å². The molecule has 2 heteroatoms. The summed E-state index contributed by atoms with van der Waals surface area (Å²) in [6.07, 6.45) is 1.37. The Hall–Kier alpha value is -0.0800. The van der Waals surface area contributed by atoms with E-state index in [0.29, 0.717) is 5.41 Å². The lowest BCUT2D eigenvalue weighted by atomic mass is 10.1. The van der Waals surface area contributed by atoms with Gasteiger partial charge in [0.2, 0.25) is 0 Å². The summed E-state index contributed by atoms with van der Waals surface area (Å²) in [5, 5.41) is 3.38. The standard InChI is InChI=1S/C9H20N2/c1-7(10)5-11-6-8-4-9(8,2)3/h7-8,11H,4-6,10H2,1-3H3. The van der Waals surface area contributed by atoms with Gasteiger partial charge < -0.3 is 11.1 Å². The summed E-state index contributed by atoms with van der Waals surface area (Å²) in [7, 11) is 0. The summed E-state index contributed by atoms with van der Waals surface area (Å²) in [6.45, 7) is 8.78. The Kier molecular flexibility index (Phi) is 2.55. The number of rotatable bonds is 4. The molecule has 0 aromatic rings. The minimum absolute atomic E-state index is 0.289. The van der Waals surface area contributed by atoms with E-state index in [-0.39, 0.29) is 6.04 Å². The van der Waals surface area contributed by atoms with Gasteiger partial charge >= 0.3 is 0 Å². The molecule has 0 spiro atoms.